The van der Waals surface area contributed by atoms with Crippen LogP contribution in [0.15, 0.2) is 84.9 Å². The lowest BCUT2D eigenvalue weighted by Crippen LogP contribution is -2.23. The van der Waals surface area contributed by atoms with Crippen LogP contribution in [0.3, 0.4) is 0 Å². The number of aryl methyl sites for hydroxylation is 1. The summed E-state index contributed by atoms with van der Waals surface area (Å²) in [5.41, 5.74) is 1.53. The summed E-state index contributed by atoms with van der Waals surface area (Å²) in [5.74, 6) is 0. The standard InChI is InChI=1S/C26H31P.ClH/c1-2-3-4-5-6-9-16-23-17-14-15-22-26(23)27(24-18-10-7-11-19-24)25-20-12-8-13-21-25;/h7-8,10-15,17-22H,2-6,9,16H2,1H3;1H. The molecule has 0 amide bonds. The Morgan fingerprint density at radius 1 is 0.571 bits per heavy atom. The molecule has 3 aromatic carbocycles. The van der Waals surface area contributed by atoms with Crippen molar-refractivity contribution in [3.05, 3.63) is 90.5 Å². The summed E-state index contributed by atoms with van der Waals surface area (Å²) in [7, 11) is -0.497. The molecule has 0 aliphatic carbocycles. The van der Waals surface area contributed by atoms with E-state index in [1.807, 2.05) is 0 Å². The normalized spacial score (nSPS) is 10.6. The number of hydrogen-bond donors (Lipinski definition) is 0. The minimum atomic E-state index is -0.497. The minimum Gasteiger partial charge on any atom is -0.147 e. The van der Waals surface area contributed by atoms with Gasteiger partial charge in [0.25, 0.3) is 0 Å². The van der Waals surface area contributed by atoms with Crippen LogP contribution in [0.4, 0.5) is 0 Å². The van der Waals surface area contributed by atoms with Gasteiger partial charge in [0.05, 0.1) is 0 Å². The minimum absolute atomic E-state index is 0. The molecule has 0 heterocycles. The molecule has 3 aromatic rings. The first kappa shape index (κ1) is 22.7. The van der Waals surface area contributed by atoms with Crippen molar-refractivity contribution in [2.45, 2.75) is 51.9 Å². The van der Waals surface area contributed by atoms with Crippen LogP contribution >= 0.6 is 20.3 Å². The predicted octanol–water partition coefficient (Wildman–Crippen LogP) is 6.77. The molecular weight excluding hydrogens is 379 g/mol. The second kappa shape index (κ2) is 12.8. The van der Waals surface area contributed by atoms with Crippen molar-refractivity contribution in [2.75, 3.05) is 0 Å². The third-order valence-corrected chi connectivity index (χ3v) is 7.61. The van der Waals surface area contributed by atoms with Crippen LogP contribution in [-0.4, -0.2) is 0 Å². The monoisotopic (exact) mass is 410 g/mol. The van der Waals surface area contributed by atoms with Gasteiger partial charge in [-0.15, -0.1) is 12.4 Å². The Balaban J connectivity index is 0.00000280. The van der Waals surface area contributed by atoms with Gasteiger partial charge in [-0.3, -0.25) is 0 Å². The van der Waals surface area contributed by atoms with Crippen molar-refractivity contribution in [3.8, 4) is 0 Å². The molecule has 0 aliphatic heterocycles. The Morgan fingerprint density at radius 3 is 1.68 bits per heavy atom. The third-order valence-electron chi connectivity index (χ3n) is 5.06. The lowest BCUT2D eigenvalue weighted by molar-refractivity contribution is 0.608. The molecule has 0 N–H and O–H groups in total. The van der Waals surface area contributed by atoms with Gasteiger partial charge in [0.2, 0.25) is 0 Å². The predicted molar refractivity (Wildman–Crippen MR) is 129 cm³/mol. The van der Waals surface area contributed by atoms with E-state index in [9.17, 15) is 0 Å². The van der Waals surface area contributed by atoms with Crippen LogP contribution in [0.5, 0.6) is 0 Å². The fraction of sp³-hybridized carbons (Fsp3) is 0.308. The maximum Gasteiger partial charge on any atom is -0.0119 e. The van der Waals surface area contributed by atoms with E-state index in [1.165, 1.54) is 66.4 Å². The second-order valence-corrected chi connectivity index (χ2v) is 9.34. The lowest BCUT2D eigenvalue weighted by Gasteiger charge is -2.22. The molecule has 2 heteroatoms. The third kappa shape index (κ3) is 6.47. The zero-order valence-corrected chi connectivity index (χ0v) is 18.6. The topological polar surface area (TPSA) is 0 Å². The average Bonchev–Trinajstić information content (AvgIpc) is 2.73. The number of rotatable bonds is 10. The molecule has 148 valence electrons. The smallest absolute Gasteiger partial charge is 0.0119 e. The Kier molecular flexibility index (Phi) is 10.3. The Hall–Kier alpha value is -1.62. The Labute approximate surface area is 178 Å². The molecule has 0 saturated carbocycles. The quantitative estimate of drug-likeness (QED) is 0.255. The van der Waals surface area contributed by atoms with Gasteiger partial charge >= 0.3 is 0 Å². The summed E-state index contributed by atoms with van der Waals surface area (Å²) in [6.07, 6.45) is 9.31. The van der Waals surface area contributed by atoms with Crippen molar-refractivity contribution < 1.29 is 0 Å². The van der Waals surface area contributed by atoms with Gasteiger partial charge < -0.3 is 0 Å². The first-order chi connectivity index (χ1) is 13.4. The molecular formula is C26H32ClP. The van der Waals surface area contributed by atoms with Gasteiger partial charge in [0.1, 0.15) is 0 Å². The SMILES string of the molecule is CCCCCCCCc1ccccc1P(c1ccccc1)c1ccccc1.Cl. The van der Waals surface area contributed by atoms with Gasteiger partial charge in [-0.2, -0.15) is 0 Å². The molecule has 0 saturated heterocycles. The molecule has 0 radical (unpaired) electrons. The van der Waals surface area contributed by atoms with E-state index < -0.39 is 7.92 Å². The van der Waals surface area contributed by atoms with E-state index in [0.717, 1.165) is 0 Å². The summed E-state index contributed by atoms with van der Waals surface area (Å²) in [5, 5.41) is 4.40. The zero-order valence-electron chi connectivity index (χ0n) is 16.9. The van der Waals surface area contributed by atoms with E-state index in [-0.39, 0.29) is 12.4 Å². The van der Waals surface area contributed by atoms with E-state index >= 15 is 0 Å². The van der Waals surface area contributed by atoms with Crippen LogP contribution in [0.1, 0.15) is 51.0 Å². The highest BCUT2D eigenvalue weighted by Crippen LogP contribution is 2.34. The summed E-state index contributed by atoms with van der Waals surface area (Å²) >= 11 is 0. The van der Waals surface area contributed by atoms with Crippen molar-refractivity contribution >= 4 is 36.2 Å². The van der Waals surface area contributed by atoms with E-state index in [0.29, 0.717) is 0 Å². The summed E-state index contributed by atoms with van der Waals surface area (Å²) in [4.78, 5) is 0. The van der Waals surface area contributed by atoms with Gasteiger partial charge in [0, 0.05) is 0 Å². The molecule has 28 heavy (non-hydrogen) atoms. The summed E-state index contributed by atoms with van der Waals surface area (Å²) in [6, 6.07) is 31.2. The summed E-state index contributed by atoms with van der Waals surface area (Å²) in [6.45, 7) is 2.28. The van der Waals surface area contributed by atoms with E-state index in [1.54, 1.807) is 0 Å². The molecule has 0 unspecified atom stereocenters. The van der Waals surface area contributed by atoms with Crippen molar-refractivity contribution in [1.29, 1.82) is 0 Å². The molecule has 0 spiro atoms. The van der Waals surface area contributed by atoms with Gasteiger partial charge in [-0.05, 0) is 42.2 Å². The molecule has 0 aliphatic rings. The maximum atomic E-state index is 2.36. The molecule has 0 bridgehead atoms. The van der Waals surface area contributed by atoms with E-state index in [2.05, 4.69) is 91.9 Å². The van der Waals surface area contributed by atoms with Gasteiger partial charge in [-0.1, -0.05) is 124 Å². The highest BCUT2D eigenvalue weighted by molar-refractivity contribution is 7.79. The maximum absolute atomic E-state index is 2.36. The number of benzene rings is 3. The van der Waals surface area contributed by atoms with Gasteiger partial charge in [-0.25, -0.2) is 0 Å². The van der Waals surface area contributed by atoms with Crippen molar-refractivity contribution in [1.82, 2.24) is 0 Å². The van der Waals surface area contributed by atoms with Crippen molar-refractivity contribution in [3.63, 3.8) is 0 Å². The highest BCUT2D eigenvalue weighted by Gasteiger charge is 2.18. The van der Waals surface area contributed by atoms with Crippen LogP contribution in [0, 0.1) is 0 Å². The Morgan fingerprint density at radius 2 is 1.07 bits per heavy atom. The summed E-state index contributed by atoms with van der Waals surface area (Å²) < 4.78 is 0. The van der Waals surface area contributed by atoms with Crippen LogP contribution in [0.25, 0.3) is 0 Å². The molecule has 0 fully saturated rings. The molecule has 0 nitrogen and oxygen atoms in total. The first-order valence-corrected chi connectivity index (χ1v) is 11.7. The second-order valence-electron chi connectivity index (χ2n) is 7.15. The fourth-order valence-electron chi connectivity index (χ4n) is 3.62. The number of hydrogen-bond acceptors (Lipinski definition) is 0. The molecule has 3 rings (SSSR count). The molecule has 0 atom stereocenters. The van der Waals surface area contributed by atoms with Crippen LogP contribution in [0.2, 0.25) is 0 Å². The Bertz CT molecular complexity index is 746. The van der Waals surface area contributed by atoms with Crippen molar-refractivity contribution in [2.24, 2.45) is 0 Å². The fourth-order valence-corrected chi connectivity index (χ4v) is 6.12. The van der Waals surface area contributed by atoms with Gasteiger partial charge in [0.15, 0.2) is 0 Å². The number of unbranched alkanes of at least 4 members (excludes halogenated alkanes) is 5. The highest BCUT2D eigenvalue weighted by atomic mass is 35.5. The number of halogens is 1. The average molecular weight is 411 g/mol. The first-order valence-electron chi connectivity index (χ1n) is 10.4. The lowest BCUT2D eigenvalue weighted by atomic mass is 10.1. The zero-order chi connectivity index (χ0) is 18.7. The molecule has 0 aromatic heterocycles. The largest absolute Gasteiger partial charge is 0.147 e. The van der Waals surface area contributed by atoms with Crippen LogP contribution < -0.4 is 15.9 Å². The van der Waals surface area contributed by atoms with E-state index in [4.69, 9.17) is 0 Å². The van der Waals surface area contributed by atoms with Crippen LogP contribution in [-0.2, 0) is 6.42 Å².